The molecule has 0 saturated heterocycles. The van der Waals surface area contributed by atoms with Gasteiger partial charge in [0.2, 0.25) is 5.01 Å². The van der Waals surface area contributed by atoms with Crippen LogP contribution in [0.25, 0.3) is 0 Å². The number of ether oxygens (including phenoxy) is 1. The Morgan fingerprint density at radius 2 is 1.84 bits per heavy atom. The molecule has 25 heavy (non-hydrogen) atoms. The van der Waals surface area contributed by atoms with E-state index in [2.05, 4.69) is 10.2 Å². The Hall–Kier alpha value is -1.23. The van der Waals surface area contributed by atoms with E-state index in [-0.39, 0.29) is 52.1 Å². The van der Waals surface area contributed by atoms with E-state index in [0.717, 1.165) is 0 Å². The number of halogens is 4. The zero-order valence-corrected chi connectivity index (χ0v) is 13.5. The van der Waals surface area contributed by atoms with Gasteiger partial charge in [-0.15, -0.1) is 5.10 Å². The van der Waals surface area contributed by atoms with Gasteiger partial charge in [-0.05, 0) is 38.1 Å². The predicted octanol–water partition coefficient (Wildman–Crippen LogP) is 2.87. The van der Waals surface area contributed by atoms with E-state index >= 15 is 0 Å². The van der Waals surface area contributed by atoms with Gasteiger partial charge >= 0.3 is 35.7 Å². The van der Waals surface area contributed by atoms with Crippen LogP contribution in [0.2, 0.25) is 0 Å². The van der Waals surface area contributed by atoms with Crippen LogP contribution in [-0.4, -0.2) is 58.3 Å². The van der Waals surface area contributed by atoms with Crippen LogP contribution in [0.5, 0.6) is 5.19 Å². The van der Waals surface area contributed by atoms with E-state index < -0.39 is 29.5 Å². The first-order chi connectivity index (χ1) is 11.2. The molecule has 0 aliphatic heterocycles. The van der Waals surface area contributed by atoms with Crippen molar-refractivity contribution < 1.29 is 27.1 Å². The summed E-state index contributed by atoms with van der Waals surface area (Å²) in [4.78, 5) is 13.6. The van der Waals surface area contributed by atoms with Crippen LogP contribution < -0.4 is 9.64 Å². The molecule has 11 heteroatoms. The summed E-state index contributed by atoms with van der Waals surface area (Å²) in [6.07, 6.45) is -4.61. The monoisotopic (exact) mass is 387 g/mol. The van der Waals surface area contributed by atoms with Gasteiger partial charge in [-0.2, -0.15) is 13.2 Å². The summed E-state index contributed by atoms with van der Waals surface area (Å²) < 4.78 is 55.3. The van der Waals surface area contributed by atoms with Crippen molar-refractivity contribution in [3.63, 3.8) is 0 Å². The average Bonchev–Trinajstić information content (AvgIpc) is 2.96. The van der Waals surface area contributed by atoms with Crippen LogP contribution in [0.15, 0.2) is 24.3 Å². The molecule has 0 unspecified atom stereocenters. The molecular formula is C14H14F4N3NaO2S. The number of amides is 1. The average molecular weight is 387 g/mol. The molecule has 1 amide bonds. The molecule has 0 fully saturated rings. The zero-order valence-electron chi connectivity index (χ0n) is 12.7. The summed E-state index contributed by atoms with van der Waals surface area (Å²) in [7, 11) is 0. The molecule has 0 aliphatic rings. The fraction of sp³-hybridized carbons (Fsp3) is 0.357. The third-order valence-corrected chi connectivity index (χ3v) is 3.74. The summed E-state index contributed by atoms with van der Waals surface area (Å²) in [5.41, 5.74) is 0.452. The summed E-state index contributed by atoms with van der Waals surface area (Å²) in [6, 6.07) is 5.02. The Labute approximate surface area is 167 Å². The third kappa shape index (κ3) is 5.91. The molecule has 0 radical (unpaired) electrons. The minimum absolute atomic E-state index is 0. The van der Waals surface area contributed by atoms with Gasteiger partial charge in [0.15, 0.2) is 6.61 Å². The SMILES string of the molecule is CC(C)N(C(=O)COc1nnc(C(F)(F)F)s1)c1ccc(F)cc1.[NaH]. The molecule has 0 atom stereocenters. The Morgan fingerprint density at radius 3 is 2.32 bits per heavy atom. The van der Waals surface area contributed by atoms with Gasteiger partial charge in [0.25, 0.3) is 11.1 Å². The Bertz CT molecular complexity index is 707. The van der Waals surface area contributed by atoms with Gasteiger partial charge in [-0.3, -0.25) is 4.79 Å². The van der Waals surface area contributed by atoms with E-state index in [1.807, 2.05) is 0 Å². The van der Waals surface area contributed by atoms with E-state index in [4.69, 9.17) is 4.74 Å². The molecule has 132 valence electrons. The number of carbonyl (C=O) groups excluding carboxylic acids is 1. The predicted molar refractivity (Wildman–Crippen MR) is 86.6 cm³/mol. The molecule has 1 aromatic carbocycles. The molecule has 0 spiro atoms. The summed E-state index contributed by atoms with van der Waals surface area (Å²) in [6.45, 7) is 2.98. The van der Waals surface area contributed by atoms with Crippen LogP contribution >= 0.6 is 11.3 Å². The van der Waals surface area contributed by atoms with Gasteiger partial charge in [0.1, 0.15) is 5.82 Å². The van der Waals surface area contributed by atoms with Crippen molar-refractivity contribution in [2.75, 3.05) is 11.5 Å². The quantitative estimate of drug-likeness (QED) is 0.585. The first kappa shape index (κ1) is 21.8. The number of aromatic nitrogens is 2. The first-order valence-corrected chi connectivity index (χ1v) is 7.61. The summed E-state index contributed by atoms with van der Waals surface area (Å²) >= 11 is 0.210. The second-order valence-corrected chi connectivity index (χ2v) is 5.93. The van der Waals surface area contributed by atoms with E-state index in [1.54, 1.807) is 13.8 Å². The number of carbonyl (C=O) groups is 1. The van der Waals surface area contributed by atoms with Crippen molar-refractivity contribution in [3.8, 4) is 5.19 Å². The van der Waals surface area contributed by atoms with Crippen LogP contribution in [0.1, 0.15) is 18.9 Å². The van der Waals surface area contributed by atoms with Gasteiger partial charge in [-0.25, -0.2) is 4.39 Å². The van der Waals surface area contributed by atoms with Crippen molar-refractivity contribution in [2.45, 2.75) is 26.1 Å². The standard InChI is InChI=1S/C14H13F4N3O2S.Na.H/c1-8(2)21(10-5-3-9(15)4-6-10)11(22)7-23-13-20-19-12(24-13)14(16,17)18;;/h3-6,8H,7H2,1-2H3;;. The first-order valence-electron chi connectivity index (χ1n) is 6.79. The number of hydrogen-bond acceptors (Lipinski definition) is 5. The molecule has 0 bridgehead atoms. The summed E-state index contributed by atoms with van der Waals surface area (Å²) in [5, 5.41) is 4.72. The Kier molecular flexibility index (Phi) is 7.79. The Morgan fingerprint density at radius 1 is 1.24 bits per heavy atom. The molecule has 0 N–H and O–H groups in total. The normalized spacial score (nSPS) is 11.2. The molecule has 0 saturated carbocycles. The molecule has 5 nitrogen and oxygen atoms in total. The summed E-state index contributed by atoms with van der Waals surface area (Å²) in [5.74, 6) is -0.944. The number of benzene rings is 1. The molecule has 2 aromatic rings. The van der Waals surface area contributed by atoms with Gasteiger partial charge in [0, 0.05) is 11.7 Å². The second-order valence-electron chi connectivity index (χ2n) is 4.99. The second kappa shape index (κ2) is 8.93. The molecule has 0 aliphatic carbocycles. The number of alkyl halides is 3. The van der Waals surface area contributed by atoms with E-state index in [0.29, 0.717) is 5.69 Å². The van der Waals surface area contributed by atoms with Crippen molar-refractivity contribution in [1.82, 2.24) is 10.2 Å². The van der Waals surface area contributed by atoms with Crippen molar-refractivity contribution >= 4 is 52.5 Å². The fourth-order valence-corrected chi connectivity index (χ4v) is 2.47. The maximum absolute atomic E-state index is 13.0. The third-order valence-electron chi connectivity index (χ3n) is 2.86. The van der Waals surface area contributed by atoms with Crippen molar-refractivity contribution in [3.05, 3.63) is 35.1 Å². The number of anilines is 1. The van der Waals surface area contributed by atoms with Crippen molar-refractivity contribution in [2.24, 2.45) is 0 Å². The van der Waals surface area contributed by atoms with E-state index in [9.17, 15) is 22.4 Å². The zero-order chi connectivity index (χ0) is 17.9. The van der Waals surface area contributed by atoms with Crippen LogP contribution in [0.3, 0.4) is 0 Å². The minimum atomic E-state index is -4.61. The number of hydrogen-bond donors (Lipinski definition) is 0. The van der Waals surface area contributed by atoms with Gasteiger partial charge in [-0.1, -0.05) is 16.4 Å². The van der Waals surface area contributed by atoms with Crippen LogP contribution in [0, 0.1) is 5.82 Å². The maximum atomic E-state index is 13.0. The molecule has 1 heterocycles. The number of nitrogens with zero attached hydrogens (tertiary/aromatic N) is 3. The van der Waals surface area contributed by atoms with E-state index in [1.165, 1.54) is 29.2 Å². The van der Waals surface area contributed by atoms with Crippen LogP contribution in [0.4, 0.5) is 23.2 Å². The van der Waals surface area contributed by atoms with Gasteiger partial charge < -0.3 is 9.64 Å². The van der Waals surface area contributed by atoms with Crippen molar-refractivity contribution in [1.29, 1.82) is 0 Å². The fourth-order valence-electron chi connectivity index (χ4n) is 1.91. The molecule has 2 rings (SSSR count). The molecular weight excluding hydrogens is 373 g/mol. The Balaban J connectivity index is 0.00000312. The van der Waals surface area contributed by atoms with Gasteiger partial charge in [0.05, 0.1) is 0 Å². The number of rotatable bonds is 5. The van der Waals surface area contributed by atoms with Crippen LogP contribution in [-0.2, 0) is 11.0 Å². The molecule has 1 aromatic heterocycles. The topological polar surface area (TPSA) is 55.3 Å².